The van der Waals surface area contributed by atoms with Crippen molar-refractivity contribution < 1.29 is 48.8 Å². The van der Waals surface area contributed by atoms with E-state index in [1.54, 1.807) is 13.8 Å². The first kappa shape index (κ1) is 24.5. The third-order valence-electron chi connectivity index (χ3n) is 4.58. The lowest BCUT2D eigenvalue weighted by molar-refractivity contribution is -0.384. The number of hydrogen-bond acceptors (Lipinski definition) is 11. The number of carbonyl (C=O) groups is 2. The van der Waals surface area contributed by atoms with Crippen LogP contribution >= 0.6 is 0 Å². The van der Waals surface area contributed by atoms with Gasteiger partial charge in [0.25, 0.3) is 5.69 Å². The normalized spacial score (nSPS) is 25.7. The minimum atomic E-state index is -1.72. The molecule has 0 unspecified atom stereocenters. The van der Waals surface area contributed by atoms with E-state index in [1.807, 2.05) is 0 Å². The molecule has 1 heterocycles. The molecule has 1 aromatic carbocycles. The van der Waals surface area contributed by atoms with Crippen LogP contribution in [0, 0.1) is 16.0 Å². The number of hydrogen-bond donors (Lipinski definition) is 3. The second kappa shape index (κ2) is 11.0. The molecule has 0 spiro atoms. The van der Waals surface area contributed by atoms with Crippen molar-refractivity contribution in [2.75, 3.05) is 13.2 Å². The highest BCUT2D eigenvalue weighted by Crippen LogP contribution is 2.29. The second-order valence-corrected chi connectivity index (χ2v) is 6.68. The van der Waals surface area contributed by atoms with Crippen molar-refractivity contribution in [3.63, 3.8) is 0 Å². The highest BCUT2D eigenvalue weighted by molar-refractivity contribution is 5.94. The fourth-order valence-corrected chi connectivity index (χ4v) is 3.00. The molecular weight excluding hydrogens is 418 g/mol. The topological polar surface area (TPSA) is 175 Å². The first-order chi connectivity index (χ1) is 14.7. The maximum Gasteiger partial charge on any atom is 0.320 e. The van der Waals surface area contributed by atoms with Crippen LogP contribution in [-0.4, -0.2) is 76.1 Å². The molecule has 12 nitrogen and oxygen atoms in total. The number of nitro benzene ring substituents is 1. The molecule has 1 aromatic rings. The molecule has 0 aromatic heterocycles. The number of esters is 2. The fourth-order valence-electron chi connectivity index (χ4n) is 3.00. The van der Waals surface area contributed by atoms with Crippen LogP contribution in [0.25, 0.3) is 0 Å². The van der Waals surface area contributed by atoms with Gasteiger partial charge in [0.1, 0.15) is 24.1 Å². The molecule has 1 aliphatic rings. The Morgan fingerprint density at radius 3 is 2.06 bits per heavy atom. The summed E-state index contributed by atoms with van der Waals surface area (Å²) in [5, 5.41) is 41.4. The van der Waals surface area contributed by atoms with Gasteiger partial charge in [-0.25, -0.2) is 0 Å². The quantitative estimate of drug-likeness (QED) is 0.201. The van der Waals surface area contributed by atoms with E-state index >= 15 is 0 Å². The summed E-state index contributed by atoms with van der Waals surface area (Å²) in [4.78, 5) is 34.5. The lowest BCUT2D eigenvalue weighted by Gasteiger charge is -2.40. The molecule has 0 aliphatic carbocycles. The summed E-state index contributed by atoms with van der Waals surface area (Å²) in [5.74, 6) is -3.11. The number of benzene rings is 1. The van der Waals surface area contributed by atoms with E-state index in [-0.39, 0.29) is 24.7 Å². The Labute approximate surface area is 177 Å². The van der Waals surface area contributed by atoms with Gasteiger partial charge in [-0.2, -0.15) is 0 Å². The standard InChI is InChI=1S/C19H25NO11/c1-3-28-17(24)12(18(25)29-4-2)9-13-14(21)15(22)16(23)19(31-13)30-11-7-5-10(6-8-11)20(26)27/h5-8,12-16,19,21-23H,3-4,9H2,1-2H3/t13-,14-,15+,16+,19+/m1/s1. The molecule has 3 N–H and O–H groups in total. The maximum atomic E-state index is 12.2. The predicted molar refractivity (Wildman–Crippen MR) is 102 cm³/mol. The lowest BCUT2D eigenvalue weighted by Crippen LogP contribution is -2.59. The monoisotopic (exact) mass is 443 g/mol. The van der Waals surface area contributed by atoms with Crippen molar-refractivity contribution in [3.8, 4) is 5.75 Å². The maximum absolute atomic E-state index is 12.2. The molecule has 0 amide bonds. The molecule has 1 aliphatic heterocycles. The number of nitrogens with zero attached hydrogens (tertiary/aromatic N) is 1. The van der Waals surface area contributed by atoms with Gasteiger partial charge in [-0.05, 0) is 26.0 Å². The Balaban J connectivity index is 2.17. The largest absolute Gasteiger partial charge is 0.465 e. The number of nitro groups is 1. The molecule has 0 bridgehead atoms. The minimum Gasteiger partial charge on any atom is -0.465 e. The Morgan fingerprint density at radius 1 is 1.03 bits per heavy atom. The Bertz CT molecular complexity index is 751. The molecule has 5 atom stereocenters. The van der Waals surface area contributed by atoms with Gasteiger partial charge in [-0.3, -0.25) is 19.7 Å². The zero-order chi connectivity index (χ0) is 23.1. The Kier molecular flexibility index (Phi) is 8.68. The molecule has 1 fully saturated rings. The van der Waals surface area contributed by atoms with Crippen LogP contribution < -0.4 is 4.74 Å². The van der Waals surface area contributed by atoms with Crippen LogP contribution in [0.4, 0.5) is 5.69 Å². The average Bonchev–Trinajstić information content (AvgIpc) is 2.73. The van der Waals surface area contributed by atoms with Crippen LogP contribution in [-0.2, 0) is 23.8 Å². The molecule has 1 saturated heterocycles. The summed E-state index contributed by atoms with van der Waals surface area (Å²) in [6, 6.07) is 4.87. The third-order valence-corrected chi connectivity index (χ3v) is 4.58. The van der Waals surface area contributed by atoms with Crippen molar-refractivity contribution in [2.24, 2.45) is 5.92 Å². The van der Waals surface area contributed by atoms with Crippen LogP contribution in [0.5, 0.6) is 5.75 Å². The highest BCUT2D eigenvalue weighted by atomic mass is 16.7. The van der Waals surface area contributed by atoms with E-state index in [1.165, 1.54) is 24.3 Å². The molecule has 0 saturated carbocycles. The average molecular weight is 443 g/mol. The number of aliphatic hydroxyl groups excluding tert-OH is 3. The SMILES string of the molecule is CCOC(=O)C(C[C@H]1O[C@H](Oc2ccc([N+](=O)[O-])cc2)[C@@H](O)[C@@H](O)[C@@H]1O)C(=O)OCC. The van der Waals surface area contributed by atoms with Gasteiger partial charge < -0.3 is 34.3 Å². The number of carbonyl (C=O) groups excluding carboxylic acids is 2. The second-order valence-electron chi connectivity index (χ2n) is 6.68. The van der Waals surface area contributed by atoms with Gasteiger partial charge in [0.05, 0.1) is 24.2 Å². The van der Waals surface area contributed by atoms with Crippen molar-refractivity contribution in [2.45, 2.75) is 51.0 Å². The summed E-state index contributed by atoms with van der Waals surface area (Å²) < 4.78 is 20.7. The zero-order valence-corrected chi connectivity index (χ0v) is 16.9. The van der Waals surface area contributed by atoms with Gasteiger partial charge >= 0.3 is 11.9 Å². The number of aliphatic hydroxyl groups is 3. The van der Waals surface area contributed by atoms with E-state index in [2.05, 4.69) is 0 Å². The lowest BCUT2D eigenvalue weighted by atomic mass is 9.91. The van der Waals surface area contributed by atoms with Gasteiger partial charge in [0.15, 0.2) is 5.92 Å². The van der Waals surface area contributed by atoms with E-state index in [9.17, 15) is 35.0 Å². The van der Waals surface area contributed by atoms with E-state index in [0.717, 1.165) is 0 Å². The predicted octanol–water partition coefficient (Wildman–Crippen LogP) is -0.0863. The summed E-state index contributed by atoms with van der Waals surface area (Å²) in [5.41, 5.74) is -0.183. The van der Waals surface area contributed by atoms with Crippen LogP contribution in [0.15, 0.2) is 24.3 Å². The van der Waals surface area contributed by atoms with Gasteiger partial charge in [0, 0.05) is 18.6 Å². The van der Waals surface area contributed by atoms with Crippen molar-refractivity contribution in [1.29, 1.82) is 0 Å². The van der Waals surface area contributed by atoms with Gasteiger partial charge in [-0.1, -0.05) is 0 Å². The van der Waals surface area contributed by atoms with E-state index < -0.39 is 59.9 Å². The number of non-ortho nitro benzene ring substituents is 1. The first-order valence-corrected chi connectivity index (χ1v) is 9.63. The summed E-state index contributed by atoms with van der Waals surface area (Å²) >= 11 is 0. The van der Waals surface area contributed by atoms with E-state index in [0.29, 0.717) is 0 Å². The minimum absolute atomic E-state index is 0.00996. The van der Waals surface area contributed by atoms with E-state index in [4.69, 9.17) is 18.9 Å². The van der Waals surface area contributed by atoms with Crippen LogP contribution in [0.2, 0.25) is 0 Å². The van der Waals surface area contributed by atoms with Crippen molar-refractivity contribution in [1.82, 2.24) is 0 Å². The smallest absolute Gasteiger partial charge is 0.320 e. The highest BCUT2D eigenvalue weighted by Gasteiger charge is 2.47. The molecule has 172 valence electrons. The summed E-state index contributed by atoms with van der Waals surface area (Å²) in [6.45, 7) is 3.13. The third kappa shape index (κ3) is 6.10. The van der Waals surface area contributed by atoms with Crippen molar-refractivity contribution >= 4 is 17.6 Å². The molecule has 2 rings (SSSR count). The van der Waals surface area contributed by atoms with Crippen LogP contribution in [0.1, 0.15) is 20.3 Å². The number of rotatable bonds is 9. The van der Waals surface area contributed by atoms with Gasteiger partial charge in [-0.15, -0.1) is 0 Å². The molecule has 12 heteroatoms. The first-order valence-electron chi connectivity index (χ1n) is 9.63. The van der Waals surface area contributed by atoms with Crippen LogP contribution in [0.3, 0.4) is 0 Å². The summed E-state index contributed by atoms with van der Waals surface area (Å²) in [6.07, 6.45) is -8.21. The molecular formula is C19H25NO11. The fraction of sp³-hybridized carbons (Fsp3) is 0.579. The van der Waals surface area contributed by atoms with Gasteiger partial charge in [0.2, 0.25) is 6.29 Å². The Morgan fingerprint density at radius 2 is 1.58 bits per heavy atom. The van der Waals surface area contributed by atoms with Crippen molar-refractivity contribution in [3.05, 3.63) is 34.4 Å². The Hall–Kier alpha value is -2.80. The number of ether oxygens (including phenoxy) is 4. The molecule has 31 heavy (non-hydrogen) atoms. The summed E-state index contributed by atoms with van der Waals surface area (Å²) in [7, 11) is 0. The zero-order valence-electron chi connectivity index (χ0n) is 16.9. The molecule has 0 radical (unpaired) electrons.